The van der Waals surface area contributed by atoms with Gasteiger partial charge in [0, 0.05) is 5.92 Å². The van der Waals surface area contributed by atoms with Crippen LogP contribution in [0.15, 0.2) is 12.2 Å². The number of fused-ring (bicyclic) bond motifs is 1. The second kappa shape index (κ2) is 1.57. The molecule has 0 aromatic rings. The Hall–Kier alpha value is -1.28. The average Bonchev–Trinajstić information content (AvgIpc) is 2.53. The maximum atomic E-state index is 8.90. The molecule has 2 rings (SSSR count). The van der Waals surface area contributed by atoms with Crippen molar-refractivity contribution in [2.45, 2.75) is 13.8 Å². The number of hydrogen-bond acceptors (Lipinski definition) is 2. The normalized spacial score (nSPS) is 38.5. The van der Waals surface area contributed by atoms with Gasteiger partial charge in [0.2, 0.25) is 0 Å². The SMILES string of the molecule is C=C1[C@H]2C(C1(C#N)C#N)C2(C)C. The predicted molar refractivity (Wildman–Crippen MR) is 43.6 cm³/mol. The Labute approximate surface area is 72.1 Å². The van der Waals surface area contributed by atoms with E-state index >= 15 is 0 Å². The van der Waals surface area contributed by atoms with Crippen molar-refractivity contribution in [3.8, 4) is 12.1 Å². The molecule has 0 aromatic heterocycles. The van der Waals surface area contributed by atoms with E-state index in [1.54, 1.807) is 0 Å². The molecular formula is C10H10N2. The molecule has 2 nitrogen and oxygen atoms in total. The molecule has 0 aliphatic heterocycles. The van der Waals surface area contributed by atoms with Gasteiger partial charge in [-0.05, 0) is 16.9 Å². The van der Waals surface area contributed by atoms with Crippen LogP contribution >= 0.6 is 0 Å². The topological polar surface area (TPSA) is 47.6 Å². The predicted octanol–water partition coefficient (Wildman–Crippen LogP) is 1.86. The highest BCUT2D eigenvalue weighted by Crippen LogP contribution is 2.80. The quantitative estimate of drug-likeness (QED) is 0.505. The van der Waals surface area contributed by atoms with Crippen molar-refractivity contribution >= 4 is 0 Å². The molecular weight excluding hydrogens is 148 g/mol. The molecule has 0 N–H and O–H groups in total. The van der Waals surface area contributed by atoms with Gasteiger partial charge in [-0.15, -0.1) is 0 Å². The third kappa shape index (κ3) is 0.431. The molecule has 2 aliphatic carbocycles. The van der Waals surface area contributed by atoms with E-state index in [-0.39, 0.29) is 11.3 Å². The standard InChI is InChI=1S/C10H10N2/c1-6-7-8(9(7,2)3)10(6,4-11)5-12/h7-8H,1H2,2-3H3/t7-,8?/m0/s1. The minimum absolute atomic E-state index is 0.141. The lowest BCUT2D eigenvalue weighted by Crippen LogP contribution is -2.32. The van der Waals surface area contributed by atoms with Crippen molar-refractivity contribution in [2.75, 3.05) is 0 Å². The first kappa shape index (κ1) is 7.37. The zero-order valence-corrected chi connectivity index (χ0v) is 7.26. The van der Waals surface area contributed by atoms with E-state index in [0.717, 1.165) is 5.57 Å². The molecule has 2 atom stereocenters. The third-order valence-corrected chi connectivity index (χ3v) is 3.53. The molecule has 0 radical (unpaired) electrons. The number of hydrogen-bond donors (Lipinski definition) is 0. The van der Waals surface area contributed by atoms with Crippen LogP contribution in [0.5, 0.6) is 0 Å². The lowest BCUT2D eigenvalue weighted by molar-refractivity contribution is 0.386. The van der Waals surface area contributed by atoms with Gasteiger partial charge in [0.1, 0.15) is 0 Å². The molecule has 0 saturated heterocycles. The maximum absolute atomic E-state index is 8.90. The van der Waals surface area contributed by atoms with Gasteiger partial charge in [0.05, 0.1) is 12.1 Å². The maximum Gasteiger partial charge on any atom is 0.168 e. The smallest absolute Gasteiger partial charge is 0.168 e. The molecule has 1 unspecified atom stereocenters. The summed E-state index contributed by atoms with van der Waals surface area (Å²) in [5, 5.41) is 17.8. The van der Waals surface area contributed by atoms with Gasteiger partial charge < -0.3 is 0 Å². The van der Waals surface area contributed by atoms with Gasteiger partial charge in [-0.2, -0.15) is 10.5 Å². The van der Waals surface area contributed by atoms with Gasteiger partial charge >= 0.3 is 0 Å². The van der Waals surface area contributed by atoms with E-state index in [1.807, 2.05) is 0 Å². The van der Waals surface area contributed by atoms with Gasteiger partial charge in [0.15, 0.2) is 5.41 Å². The van der Waals surface area contributed by atoms with Crippen molar-refractivity contribution in [1.82, 2.24) is 0 Å². The Bertz CT molecular complexity index is 337. The first-order chi connectivity index (χ1) is 5.52. The fourth-order valence-electron chi connectivity index (χ4n) is 2.75. The zero-order valence-electron chi connectivity index (χ0n) is 7.26. The summed E-state index contributed by atoms with van der Waals surface area (Å²) in [6.07, 6.45) is 0. The van der Waals surface area contributed by atoms with Crippen LogP contribution in [0.4, 0.5) is 0 Å². The third-order valence-electron chi connectivity index (χ3n) is 3.53. The Morgan fingerprint density at radius 1 is 1.33 bits per heavy atom. The Kier molecular flexibility index (Phi) is 0.963. The molecule has 2 aliphatic rings. The van der Waals surface area contributed by atoms with Crippen LogP contribution in [0.25, 0.3) is 0 Å². The molecule has 2 fully saturated rings. The van der Waals surface area contributed by atoms with E-state index in [1.165, 1.54) is 0 Å². The highest BCUT2D eigenvalue weighted by molar-refractivity contribution is 5.53. The van der Waals surface area contributed by atoms with Crippen LogP contribution in [-0.4, -0.2) is 0 Å². The molecule has 0 bridgehead atoms. The van der Waals surface area contributed by atoms with Crippen molar-refractivity contribution in [3.05, 3.63) is 12.2 Å². The van der Waals surface area contributed by atoms with E-state index in [2.05, 4.69) is 32.6 Å². The lowest BCUT2D eigenvalue weighted by atomic mass is 9.67. The van der Waals surface area contributed by atoms with Gasteiger partial charge in [-0.1, -0.05) is 20.4 Å². The van der Waals surface area contributed by atoms with Gasteiger partial charge in [-0.25, -0.2) is 0 Å². The summed E-state index contributed by atoms with van der Waals surface area (Å²) in [6, 6.07) is 4.20. The summed E-state index contributed by atoms with van der Waals surface area (Å²) in [5.74, 6) is 0.671. The Morgan fingerprint density at radius 2 is 1.83 bits per heavy atom. The van der Waals surface area contributed by atoms with Gasteiger partial charge in [-0.3, -0.25) is 0 Å². The second-order valence-corrected chi connectivity index (χ2v) is 4.33. The summed E-state index contributed by atoms with van der Waals surface area (Å²) in [6.45, 7) is 8.03. The first-order valence-corrected chi connectivity index (χ1v) is 4.04. The monoisotopic (exact) mass is 158 g/mol. The Balaban J connectivity index is 2.44. The lowest BCUT2D eigenvalue weighted by Gasteiger charge is -2.29. The summed E-state index contributed by atoms with van der Waals surface area (Å²) in [7, 11) is 0. The van der Waals surface area contributed by atoms with E-state index in [4.69, 9.17) is 10.5 Å². The van der Waals surface area contributed by atoms with Crippen LogP contribution in [0.3, 0.4) is 0 Å². The molecule has 2 saturated carbocycles. The van der Waals surface area contributed by atoms with Crippen molar-refractivity contribution in [2.24, 2.45) is 22.7 Å². The van der Waals surface area contributed by atoms with Crippen LogP contribution in [0.1, 0.15) is 13.8 Å². The molecule has 2 heteroatoms. The summed E-state index contributed by atoms with van der Waals surface area (Å²) >= 11 is 0. The number of nitriles is 2. The minimum atomic E-state index is -0.853. The molecule has 0 heterocycles. The molecule has 0 amide bonds. The molecule has 0 spiro atoms. The molecule has 12 heavy (non-hydrogen) atoms. The van der Waals surface area contributed by atoms with E-state index in [0.29, 0.717) is 5.92 Å². The fourth-order valence-corrected chi connectivity index (χ4v) is 2.75. The largest absolute Gasteiger partial charge is 0.196 e. The summed E-state index contributed by atoms with van der Waals surface area (Å²) in [4.78, 5) is 0. The van der Waals surface area contributed by atoms with E-state index < -0.39 is 5.41 Å². The number of nitrogens with zero attached hydrogens (tertiary/aromatic N) is 2. The van der Waals surface area contributed by atoms with Gasteiger partial charge in [0.25, 0.3) is 0 Å². The van der Waals surface area contributed by atoms with Crippen LogP contribution in [-0.2, 0) is 0 Å². The highest BCUT2D eigenvalue weighted by atomic mass is 14.8. The van der Waals surface area contributed by atoms with Crippen molar-refractivity contribution in [1.29, 1.82) is 10.5 Å². The van der Waals surface area contributed by atoms with Crippen LogP contribution < -0.4 is 0 Å². The van der Waals surface area contributed by atoms with E-state index in [9.17, 15) is 0 Å². The second-order valence-electron chi connectivity index (χ2n) is 4.33. The number of rotatable bonds is 0. The number of allylic oxidation sites excluding steroid dienone is 1. The highest BCUT2D eigenvalue weighted by Gasteiger charge is 2.79. The van der Waals surface area contributed by atoms with Crippen molar-refractivity contribution in [3.63, 3.8) is 0 Å². The average molecular weight is 158 g/mol. The Morgan fingerprint density at radius 3 is 2.00 bits per heavy atom. The zero-order chi connectivity index (χ0) is 9.15. The fraction of sp³-hybridized carbons (Fsp3) is 0.600. The van der Waals surface area contributed by atoms with Crippen LogP contribution in [0, 0.1) is 45.3 Å². The van der Waals surface area contributed by atoms with Crippen molar-refractivity contribution < 1.29 is 0 Å². The first-order valence-electron chi connectivity index (χ1n) is 4.04. The molecule has 60 valence electrons. The minimum Gasteiger partial charge on any atom is -0.196 e. The summed E-state index contributed by atoms with van der Waals surface area (Å²) in [5.41, 5.74) is 0.124. The molecule has 0 aromatic carbocycles. The summed E-state index contributed by atoms with van der Waals surface area (Å²) < 4.78 is 0. The van der Waals surface area contributed by atoms with Crippen LogP contribution in [0.2, 0.25) is 0 Å².